The average molecular weight is 200 g/mol. The summed E-state index contributed by atoms with van der Waals surface area (Å²) in [6.07, 6.45) is 2.16. The fourth-order valence-corrected chi connectivity index (χ4v) is 1.52. The quantitative estimate of drug-likeness (QED) is 0.553. The molecule has 0 aliphatic rings. The van der Waals surface area contributed by atoms with Crippen LogP contribution < -0.4 is 0 Å². The Balaban J connectivity index is 3.13. The Hall–Kier alpha value is -1.16. The third kappa shape index (κ3) is 2.66. The van der Waals surface area contributed by atoms with Crippen LogP contribution in [0.3, 0.4) is 0 Å². The van der Waals surface area contributed by atoms with Crippen LogP contribution in [0.1, 0.15) is 5.56 Å². The zero-order valence-electron chi connectivity index (χ0n) is 6.90. The Bertz CT molecular complexity index is 409. The van der Waals surface area contributed by atoms with E-state index in [1.165, 1.54) is 18.2 Å². The summed E-state index contributed by atoms with van der Waals surface area (Å²) < 4.78 is 33.5. The molecule has 0 aliphatic heterocycles. The van der Waals surface area contributed by atoms with E-state index in [1.807, 2.05) is 0 Å². The molecule has 0 bridgehead atoms. The van der Waals surface area contributed by atoms with Gasteiger partial charge in [0.15, 0.2) is 0 Å². The van der Waals surface area contributed by atoms with Gasteiger partial charge in [-0.2, -0.15) is 8.42 Å². The predicted molar refractivity (Wildman–Crippen MR) is 48.6 cm³/mol. The van der Waals surface area contributed by atoms with E-state index < -0.39 is 10.2 Å². The molecule has 1 aromatic rings. The molecule has 2 nitrogen and oxygen atoms in total. The highest BCUT2D eigenvalue weighted by atomic mass is 32.3. The van der Waals surface area contributed by atoms with E-state index in [4.69, 9.17) is 0 Å². The van der Waals surface area contributed by atoms with Gasteiger partial charge in [0.25, 0.3) is 0 Å². The highest BCUT2D eigenvalue weighted by Crippen LogP contribution is 2.14. The molecule has 0 unspecified atom stereocenters. The summed E-state index contributed by atoms with van der Waals surface area (Å²) in [5.41, 5.74) is 0.730. The molecule has 0 saturated heterocycles. The van der Waals surface area contributed by atoms with E-state index >= 15 is 0 Å². The Morgan fingerprint density at radius 2 is 2.15 bits per heavy atom. The second-order valence-corrected chi connectivity index (χ2v) is 3.93. The second-order valence-electron chi connectivity index (χ2n) is 2.58. The van der Waals surface area contributed by atoms with Crippen molar-refractivity contribution in [2.24, 2.45) is 0 Å². The number of hydrogen-bond donors (Lipinski definition) is 0. The topological polar surface area (TPSA) is 34.1 Å². The third-order valence-electron chi connectivity index (χ3n) is 1.56. The fraction of sp³-hybridized carbons (Fsp3) is 0.111. The van der Waals surface area contributed by atoms with Gasteiger partial charge >= 0.3 is 10.2 Å². The van der Waals surface area contributed by atoms with Crippen LogP contribution in [-0.4, -0.2) is 8.42 Å². The maximum Gasteiger partial charge on any atom is 0.332 e. The normalized spacial score (nSPS) is 11.2. The SMILES string of the molecule is C=CCc1cccc(S(=O)(=O)F)c1. The van der Waals surface area contributed by atoms with E-state index in [1.54, 1.807) is 12.1 Å². The summed E-state index contributed by atoms with van der Waals surface area (Å²) in [7, 11) is -4.58. The molecule has 0 saturated carbocycles. The van der Waals surface area contributed by atoms with Crippen LogP contribution >= 0.6 is 0 Å². The minimum absolute atomic E-state index is 0.299. The molecule has 13 heavy (non-hydrogen) atoms. The zero-order chi connectivity index (χ0) is 9.90. The molecule has 0 radical (unpaired) electrons. The van der Waals surface area contributed by atoms with Crippen LogP contribution in [0.25, 0.3) is 0 Å². The van der Waals surface area contributed by atoms with Crippen LogP contribution in [0.15, 0.2) is 41.8 Å². The molecule has 70 valence electrons. The van der Waals surface area contributed by atoms with Crippen molar-refractivity contribution in [1.82, 2.24) is 0 Å². The smallest absolute Gasteiger partial charge is 0.189 e. The molecule has 0 heterocycles. The van der Waals surface area contributed by atoms with Crippen molar-refractivity contribution in [3.8, 4) is 0 Å². The first-order valence-corrected chi connectivity index (χ1v) is 5.07. The van der Waals surface area contributed by atoms with Gasteiger partial charge < -0.3 is 0 Å². The molecule has 0 fully saturated rings. The van der Waals surface area contributed by atoms with Crippen LogP contribution in [-0.2, 0) is 16.6 Å². The van der Waals surface area contributed by atoms with Crippen molar-refractivity contribution in [3.63, 3.8) is 0 Å². The summed E-state index contributed by atoms with van der Waals surface area (Å²) in [6.45, 7) is 3.50. The molecular formula is C9H9FO2S. The van der Waals surface area contributed by atoms with Gasteiger partial charge in [-0.1, -0.05) is 18.2 Å². The number of allylic oxidation sites excluding steroid dienone is 1. The van der Waals surface area contributed by atoms with E-state index in [-0.39, 0.29) is 4.90 Å². The summed E-state index contributed by atoms with van der Waals surface area (Å²) in [4.78, 5) is -0.299. The van der Waals surface area contributed by atoms with Crippen molar-refractivity contribution < 1.29 is 12.3 Å². The van der Waals surface area contributed by atoms with Crippen molar-refractivity contribution in [1.29, 1.82) is 0 Å². The predicted octanol–water partition coefficient (Wildman–Crippen LogP) is 2.07. The molecule has 0 aromatic heterocycles. The lowest BCUT2D eigenvalue weighted by Gasteiger charge is -1.98. The molecule has 0 aliphatic carbocycles. The molecule has 0 spiro atoms. The van der Waals surface area contributed by atoms with Crippen molar-refractivity contribution in [2.45, 2.75) is 11.3 Å². The molecule has 1 aromatic carbocycles. The van der Waals surface area contributed by atoms with Gasteiger partial charge in [0.1, 0.15) is 0 Å². The van der Waals surface area contributed by atoms with E-state index in [0.717, 1.165) is 5.56 Å². The minimum Gasteiger partial charge on any atom is -0.189 e. The Morgan fingerprint density at radius 3 is 2.69 bits per heavy atom. The molecule has 1 rings (SSSR count). The summed E-state index contributed by atoms with van der Waals surface area (Å²) in [5, 5.41) is 0. The Labute approximate surface area is 76.9 Å². The first-order chi connectivity index (χ1) is 6.04. The van der Waals surface area contributed by atoms with E-state index in [9.17, 15) is 12.3 Å². The summed E-state index contributed by atoms with van der Waals surface area (Å²) in [5.74, 6) is 0. The lowest BCUT2D eigenvalue weighted by atomic mass is 10.2. The maximum absolute atomic E-state index is 12.5. The minimum atomic E-state index is -4.58. The number of hydrogen-bond acceptors (Lipinski definition) is 2. The van der Waals surface area contributed by atoms with Gasteiger partial charge in [-0.25, -0.2) is 0 Å². The maximum atomic E-state index is 12.5. The van der Waals surface area contributed by atoms with Crippen molar-refractivity contribution in [2.75, 3.05) is 0 Å². The first-order valence-electron chi connectivity index (χ1n) is 3.68. The van der Waals surface area contributed by atoms with Gasteiger partial charge in [0.2, 0.25) is 0 Å². The molecule has 4 heteroatoms. The second kappa shape index (κ2) is 3.70. The number of benzene rings is 1. The Kier molecular flexibility index (Phi) is 2.83. The zero-order valence-corrected chi connectivity index (χ0v) is 7.72. The van der Waals surface area contributed by atoms with Gasteiger partial charge in [-0.05, 0) is 24.1 Å². The van der Waals surface area contributed by atoms with Crippen molar-refractivity contribution >= 4 is 10.2 Å². The average Bonchev–Trinajstić information content (AvgIpc) is 2.04. The molecule has 0 atom stereocenters. The standard InChI is InChI=1S/C9H9FO2S/c1-2-4-8-5-3-6-9(7-8)13(10,11)12/h2-3,5-7H,1,4H2. The van der Waals surface area contributed by atoms with Crippen LogP contribution in [0.5, 0.6) is 0 Å². The monoisotopic (exact) mass is 200 g/mol. The number of halogens is 1. The lowest BCUT2D eigenvalue weighted by molar-refractivity contribution is 0.552. The molecule has 0 N–H and O–H groups in total. The number of rotatable bonds is 3. The molecular weight excluding hydrogens is 191 g/mol. The highest BCUT2D eigenvalue weighted by molar-refractivity contribution is 7.86. The van der Waals surface area contributed by atoms with Crippen LogP contribution in [0.2, 0.25) is 0 Å². The summed E-state index contributed by atoms with van der Waals surface area (Å²) >= 11 is 0. The summed E-state index contributed by atoms with van der Waals surface area (Å²) in [6, 6.07) is 5.75. The van der Waals surface area contributed by atoms with Gasteiger partial charge in [-0.3, -0.25) is 0 Å². The van der Waals surface area contributed by atoms with Gasteiger partial charge in [0, 0.05) is 0 Å². The largest absolute Gasteiger partial charge is 0.332 e. The van der Waals surface area contributed by atoms with Gasteiger partial charge in [0.05, 0.1) is 4.90 Å². The van der Waals surface area contributed by atoms with E-state index in [0.29, 0.717) is 6.42 Å². The van der Waals surface area contributed by atoms with Crippen molar-refractivity contribution in [3.05, 3.63) is 42.5 Å². The molecule has 0 amide bonds. The Morgan fingerprint density at radius 1 is 1.46 bits per heavy atom. The third-order valence-corrected chi connectivity index (χ3v) is 2.38. The van der Waals surface area contributed by atoms with Crippen LogP contribution in [0, 0.1) is 0 Å². The first kappa shape index (κ1) is 9.92. The fourth-order valence-electron chi connectivity index (χ4n) is 0.991. The van der Waals surface area contributed by atoms with E-state index in [2.05, 4.69) is 6.58 Å². The lowest BCUT2D eigenvalue weighted by Crippen LogP contribution is -1.92. The van der Waals surface area contributed by atoms with Gasteiger partial charge in [-0.15, -0.1) is 10.5 Å². The van der Waals surface area contributed by atoms with Crippen LogP contribution in [0.4, 0.5) is 3.89 Å². The highest BCUT2D eigenvalue weighted by Gasteiger charge is 2.10.